The molecule has 20 heavy (non-hydrogen) atoms. The van der Waals surface area contributed by atoms with Gasteiger partial charge in [0.05, 0.1) is 6.61 Å². The molecule has 2 heterocycles. The normalized spacial score (nSPS) is 14.9. The van der Waals surface area contributed by atoms with Crippen LogP contribution in [0.15, 0.2) is 28.3 Å². The summed E-state index contributed by atoms with van der Waals surface area (Å²) in [5, 5.41) is 19.2. The fourth-order valence-corrected chi connectivity index (χ4v) is 3.58. The summed E-state index contributed by atoms with van der Waals surface area (Å²) in [6, 6.07) is 5.68. The number of aliphatic hydroxyl groups excluding tert-OH is 1. The van der Waals surface area contributed by atoms with Crippen molar-refractivity contribution >= 4 is 23.4 Å². The van der Waals surface area contributed by atoms with E-state index in [1.54, 1.807) is 11.8 Å². The first-order valence-corrected chi connectivity index (χ1v) is 7.96. The Balaban J connectivity index is 1.84. The molecule has 106 valence electrons. The van der Waals surface area contributed by atoms with Crippen LogP contribution < -0.4 is 0 Å². The molecule has 0 unspecified atom stereocenters. The van der Waals surface area contributed by atoms with E-state index < -0.39 is 0 Å². The highest BCUT2D eigenvalue weighted by Crippen LogP contribution is 2.31. The second kappa shape index (κ2) is 6.16. The molecule has 2 aromatic rings. The van der Waals surface area contributed by atoms with Gasteiger partial charge >= 0.3 is 0 Å². The van der Waals surface area contributed by atoms with Gasteiger partial charge in [-0.15, -0.1) is 10.2 Å². The molecule has 0 spiro atoms. The largest absolute Gasteiger partial charge is 0.392 e. The first kappa shape index (κ1) is 13.9. The zero-order valence-electron chi connectivity index (χ0n) is 11.0. The molecule has 6 heteroatoms. The van der Waals surface area contributed by atoms with Crippen molar-refractivity contribution in [3.8, 4) is 0 Å². The average molecular weight is 310 g/mol. The van der Waals surface area contributed by atoms with Gasteiger partial charge in [-0.1, -0.05) is 24.1 Å². The van der Waals surface area contributed by atoms with Crippen LogP contribution in [0.1, 0.15) is 30.7 Å². The first-order valence-electron chi connectivity index (χ1n) is 6.77. The molecule has 0 fully saturated rings. The van der Waals surface area contributed by atoms with Gasteiger partial charge in [0.25, 0.3) is 0 Å². The van der Waals surface area contributed by atoms with Gasteiger partial charge in [0, 0.05) is 22.9 Å². The Labute approximate surface area is 127 Å². The molecule has 0 bridgehead atoms. The number of hydrogen-bond donors (Lipinski definition) is 1. The summed E-state index contributed by atoms with van der Waals surface area (Å²) in [6.07, 6.45) is 4.64. The maximum absolute atomic E-state index is 9.14. The smallest absolute Gasteiger partial charge is 0.196 e. The summed E-state index contributed by atoms with van der Waals surface area (Å²) in [6.45, 7) is 0.956. The summed E-state index contributed by atoms with van der Waals surface area (Å²) in [4.78, 5) is 1.02. The van der Waals surface area contributed by atoms with E-state index >= 15 is 0 Å². The van der Waals surface area contributed by atoms with Crippen molar-refractivity contribution < 1.29 is 5.11 Å². The highest BCUT2D eigenvalue weighted by Gasteiger charge is 2.15. The quantitative estimate of drug-likeness (QED) is 0.945. The van der Waals surface area contributed by atoms with Crippen LogP contribution in [0.25, 0.3) is 0 Å². The van der Waals surface area contributed by atoms with Gasteiger partial charge in [0.2, 0.25) is 0 Å². The summed E-state index contributed by atoms with van der Waals surface area (Å²) in [5.41, 5.74) is 0.746. The molecule has 1 aromatic carbocycles. The van der Waals surface area contributed by atoms with Gasteiger partial charge < -0.3 is 9.67 Å². The third kappa shape index (κ3) is 2.85. The van der Waals surface area contributed by atoms with E-state index in [2.05, 4.69) is 14.8 Å². The zero-order chi connectivity index (χ0) is 13.9. The standard InChI is InChI=1S/C14H16ClN3OS/c15-12-8-11(6-5-10(12)9-19)20-14-17-16-13-4-2-1-3-7-18(13)14/h5-6,8,19H,1-4,7,9H2. The molecule has 1 N–H and O–H groups in total. The van der Waals surface area contributed by atoms with E-state index in [9.17, 15) is 0 Å². The van der Waals surface area contributed by atoms with Gasteiger partial charge in [0.1, 0.15) is 5.82 Å². The van der Waals surface area contributed by atoms with Crippen molar-refractivity contribution in [1.82, 2.24) is 14.8 Å². The Morgan fingerprint density at radius 2 is 2.15 bits per heavy atom. The van der Waals surface area contributed by atoms with Crippen molar-refractivity contribution in [2.75, 3.05) is 0 Å². The monoisotopic (exact) mass is 309 g/mol. The lowest BCUT2D eigenvalue weighted by atomic mass is 10.2. The SMILES string of the molecule is OCc1ccc(Sc2nnc3n2CCCCC3)cc1Cl. The third-order valence-corrected chi connectivity index (χ3v) is 4.81. The van der Waals surface area contributed by atoms with E-state index in [4.69, 9.17) is 16.7 Å². The number of halogens is 1. The van der Waals surface area contributed by atoms with E-state index in [1.807, 2.05) is 18.2 Å². The van der Waals surface area contributed by atoms with Crippen molar-refractivity contribution in [2.45, 2.75) is 48.9 Å². The lowest BCUT2D eigenvalue weighted by molar-refractivity contribution is 0.282. The van der Waals surface area contributed by atoms with Crippen molar-refractivity contribution in [3.05, 3.63) is 34.6 Å². The average Bonchev–Trinajstić information content (AvgIpc) is 2.68. The van der Waals surface area contributed by atoms with Gasteiger partial charge in [-0.3, -0.25) is 0 Å². The lowest BCUT2D eigenvalue weighted by Gasteiger charge is -2.07. The molecule has 0 radical (unpaired) electrons. The molecule has 0 aliphatic carbocycles. The predicted octanol–water partition coefficient (Wildman–Crippen LogP) is 3.30. The van der Waals surface area contributed by atoms with Gasteiger partial charge in [-0.2, -0.15) is 0 Å². The number of hydrogen-bond acceptors (Lipinski definition) is 4. The second-order valence-corrected chi connectivity index (χ2v) is 6.32. The molecule has 0 amide bonds. The molecule has 0 atom stereocenters. The number of aromatic nitrogens is 3. The van der Waals surface area contributed by atoms with Crippen LogP contribution in [0.4, 0.5) is 0 Å². The number of rotatable bonds is 3. The Hall–Kier alpha value is -1.04. The molecule has 1 aliphatic rings. The van der Waals surface area contributed by atoms with Gasteiger partial charge in [0.15, 0.2) is 5.16 Å². The van der Waals surface area contributed by atoms with Crippen LogP contribution in [0.5, 0.6) is 0 Å². The number of aliphatic hydroxyl groups is 1. The molecule has 4 nitrogen and oxygen atoms in total. The number of fused-ring (bicyclic) bond motifs is 1. The maximum atomic E-state index is 9.14. The van der Waals surface area contributed by atoms with Crippen LogP contribution in [-0.4, -0.2) is 19.9 Å². The minimum Gasteiger partial charge on any atom is -0.392 e. The van der Waals surface area contributed by atoms with Crippen LogP contribution in [-0.2, 0) is 19.6 Å². The Kier molecular flexibility index (Phi) is 4.29. The number of benzene rings is 1. The van der Waals surface area contributed by atoms with Crippen LogP contribution >= 0.6 is 23.4 Å². The Morgan fingerprint density at radius 3 is 2.95 bits per heavy atom. The third-order valence-electron chi connectivity index (χ3n) is 3.48. The van der Waals surface area contributed by atoms with Crippen molar-refractivity contribution in [2.24, 2.45) is 0 Å². The minimum atomic E-state index is -0.0376. The van der Waals surface area contributed by atoms with Gasteiger partial charge in [-0.25, -0.2) is 0 Å². The summed E-state index contributed by atoms with van der Waals surface area (Å²) in [7, 11) is 0. The predicted molar refractivity (Wildman–Crippen MR) is 79.1 cm³/mol. The molecular formula is C14H16ClN3OS. The second-order valence-electron chi connectivity index (χ2n) is 4.87. The molecule has 0 saturated heterocycles. The summed E-state index contributed by atoms with van der Waals surface area (Å²) < 4.78 is 2.21. The molecule has 1 aliphatic heterocycles. The van der Waals surface area contributed by atoms with Crippen molar-refractivity contribution in [1.29, 1.82) is 0 Å². The molecule has 3 rings (SSSR count). The molecule has 0 saturated carbocycles. The molecule has 1 aromatic heterocycles. The highest BCUT2D eigenvalue weighted by molar-refractivity contribution is 7.99. The van der Waals surface area contributed by atoms with Crippen LogP contribution in [0.2, 0.25) is 5.02 Å². The fraction of sp³-hybridized carbons (Fsp3) is 0.429. The first-order chi connectivity index (χ1) is 9.78. The van der Waals surface area contributed by atoms with Gasteiger partial charge in [-0.05, 0) is 42.3 Å². The topological polar surface area (TPSA) is 50.9 Å². The zero-order valence-corrected chi connectivity index (χ0v) is 12.6. The summed E-state index contributed by atoms with van der Waals surface area (Å²) >= 11 is 7.70. The highest BCUT2D eigenvalue weighted by atomic mass is 35.5. The Bertz CT molecular complexity index is 614. The fourth-order valence-electron chi connectivity index (χ4n) is 2.36. The van der Waals surface area contributed by atoms with E-state index in [-0.39, 0.29) is 6.61 Å². The van der Waals surface area contributed by atoms with E-state index in [0.717, 1.165) is 34.4 Å². The number of aryl methyl sites for hydroxylation is 1. The number of nitrogens with zero attached hydrogens (tertiary/aromatic N) is 3. The Morgan fingerprint density at radius 1 is 1.25 bits per heavy atom. The maximum Gasteiger partial charge on any atom is 0.196 e. The van der Waals surface area contributed by atoms with Crippen LogP contribution in [0, 0.1) is 0 Å². The lowest BCUT2D eigenvalue weighted by Crippen LogP contribution is -2.02. The van der Waals surface area contributed by atoms with E-state index in [1.165, 1.54) is 19.3 Å². The molecular weight excluding hydrogens is 294 g/mol. The van der Waals surface area contributed by atoms with Crippen molar-refractivity contribution in [3.63, 3.8) is 0 Å². The minimum absolute atomic E-state index is 0.0376. The summed E-state index contributed by atoms with van der Waals surface area (Å²) in [5.74, 6) is 1.09. The van der Waals surface area contributed by atoms with Crippen LogP contribution in [0.3, 0.4) is 0 Å². The van der Waals surface area contributed by atoms with E-state index in [0.29, 0.717) is 5.02 Å².